The Morgan fingerprint density at radius 2 is 1.57 bits per heavy atom. The van der Waals surface area contributed by atoms with E-state index in [9.17, 15) is 0 Å². The van der Waals surface area contributed by atoms with Gasteiger partial charge in [0.25, 0.3) is 0 Å². The normalized spacial score (nSPS) is 21.0. The summed E-state index contributed by atoms with van der Waals surface area (Å²) in [6.07, 6.45) is 11.2. The van der Waals surface area contributed by atoms with Gasteiger partial charge < -0.3 is 0 Å². The standard InChI is InChI=1S/C19H39N3Si/c1-5-6-7-8-9-10-11-12-13-21-14-15-22(17-18(2)16-20)19(21)23(3)4/h18-19,23H,5-15,17H2,1-4H3. The van der Waals surface area contributed by atoms with Gasteiger partial charge in [0.15, 0.2) is 0 Å². The van der Waals surface area contributed by atoms with Gasteiger partial charge in [-0.05, 0) is 19.9 Å². The molecule has 1 aliphatic rings. The van der Waals surface area contributed by atoms with Gasteiger partial charge in [0, 0.05) is 25.4 Å². The highest BCUT2D eigenvalue weighted by Crippen LogP contribution is 2.20. The molecule has 1 saturated heterocycles. The zero-order valence-corrected chi connectivity index (χ0v) is 17.2. The predicted octanol–water partition coefficient (Wildman–Crippen LogP) is 4.26. The summed E-state index contributed by atoms with van der Waals surface area (Å²) < 4.78 is 0. The Bertz CT molecular complexity index is 340. The molecule has 134 valence electrons. The molecule has 0 bridgehead atoms. The van der Waals surface area contributed by atoms with Crippen molar-refractivity contribution in [1.29, 1.82) is 5.26 Å². The summed E-state index contributed by atoms with van der Waals surface area (Å²) in [6.45, 7) is 13.9. The second-order valence-electron chi connectivity index (χ2n) is 7.69. The van der Waals surface area contributed by atoms with Crippen molar-refractivity contribution < 1.29 is 0 Å². The van der Waals surface area contributed by atoms with Crippen molar-refractivity contribution in [2.75, 3.05) is 26.2 Å². The SMILES string of the molecule is CCCCCCCCCCN1CCN(CC(C)C#N)C1[SiH](C)C. The maximum atomic E-state index is 9.08. The first-order valence-corrected chi connectivity index (χ1v) is 13.0. The largest absolute Gasteiger partial charge is 0.290 e. The van der Waals surface area contributed by atoms with E-state index in [1.54, 1.807) is 0 Å². The number of rotatable bonds is 12. The minimum absolute atomic E-state index is 0.160. The monoisotopic (exact) mass is 337 g/mol. The van der Waals surface area contributed by atoms with E-state index in [1.165, 1.54) is 71.0 Å². The van der Waals surface area contributed by atoms with Crippen LogP contribution in [0.4, 0.5) is 0 Å². The molecule has 0 N–H and O–H groups in total. The van der Waals surface area contributed by atoms with Gasteiger partial charge in [-0.2, -0.15) is 5.26 Å². The number of hydrogen-bond acceptors (Lipinski definition) is 3. The van der Waals surface area contributed by atoms with Crippen molar-refractivity contribution in [3.8, 4) is 6.07 Å². The molecule has 0 spiro atoms. The molecule has 0 aromatic heterocycles. The maximum Gasteiger partial charge on any atom is 0.0692 e. The van der Waals surface area contributed by atoms with Crippen molar-refractivity contribution >= 4 is 8.80 Å². The molecular weight excluding hydrogens is 298 g/mol. The molecule has 1 fully saturated rings. The molecule has 2 unspecified atom stereocenters. The zero-order chi connectivity index (χ0) is 17.1. The summed E-state index contributed by atoms with van der Waals surface area (Å²) in [7, 11) is -0.744. The number of nitrogens with zero attached hydrogens (tertiary/aromatic N) is 3. The topological polar surface area (TPSA) is 30.3 Å². The van der Waals surface area contributed by atoms with Gasteiger partial charge in [-0.15, -0.1) is 0 Å². The molecule has 4 heteroatoms. The summed E-state index contributed by atoms with van der Waals surface area (Å²) >= 11 is 0. The third kappa shape index (κ3) is 7.83. The molecule has 0 amide bonds. The molecule has 1 heterocycles. The van der Waals surface area contributed by atoms with E-state index in [4.69, 9.17) is 5.26 Å². The summed E-state index contributed by atoms with van der Waals surface area (Å²) in [5.74, 6) is 0.837. The molecule has 0 radical (unpaired) electrons. The molecule has 1 aliphatic heterocycles. The molecule has 2 atom stereocenters. The lowest BCUT2D eigenvalue weighted by Gasteiger charge is -2.33. The van der Waals surface area contributed by atoms with E-state index in [1.807, 2.05) is 0 Å². The van der Waals surface area contributed by atoms with Crippen LogP contribution in [0.15, 0.2) is 0 Å². The molecule has 0 saturated carbocycles. The highest BCUT2D eigenvalue weighted by Gasteiger charge is 2.34. The third-order valence-electron chi connectivity index (χ3n) is 5.05. The third-order valence-corrected chi connectivity index (χ3v) is 7.08. The van der Waals surface area contributed by atoms with Crippen LogP contribution >= 0.6 is 0 Å². The first-order valence-electron chi connectivity index (χ1n) is 9.97. The van der Waals surface area contributed by atoms with Crippen LogP contribution in [0.3, 0.4) is 0 Å². The van der Waals surface area contributed by atoms with Crippen LogP contribution in [0.5, 0.6) is 0 Å². The molecule has 23 heavy (non-hydrogen) atoms. The highest BCUT2D eigenvalue weighted by molar-refractivity contribution is 6.57. The van der Waals surface area contributed by atoms with Gasteiger partial charge in [0.2, 0.25) is 0 Å². The van der Waals surface area contributed by atoms with Gasteiger partial charge >= 0.3 is 0 Å². The summed E-state index contributed by atoms with van der Waals surface area (Å²) in [5.41, 5.74) is 0. The fourth-order valence-electron chi connectivity index (χ4n) is 3.88. The Balaban J connectivity index is 2.24. The van der Waals surface area contributed by atoms with Gasteiger partial charge in [0.05, 0.1) is 20.8 Å². The van der Waals surface area contributed by atoms with E-state index < -0.39 is 8.80 Å². The number of hydrogen-bond donors (Lipinski definition) is 0. The average Bonchev–Trinajstić information content (AvgIpc) is 2.92. The van der Waals surface area contributed by atoms with E-state index in [2.05, 4.69) is 42.8 Å². The van der Waals surface area contributed by atoms with Crippen molar-refractivity contribution in [2.24, 2.45) is 5.92 Å². The first-order chi connectivity index (χ1) is 11.1. The second-order valence-corrected chi connectivity index (χ2v) is 10.8. The predicted molar refractivity (Wildman–Crippen MR) is 103 cm³/mol. The van der Waals surface area contributed by atoms with Crippen molar-refractivity contribution in [1.82, 2.24) is 9.80 Å². The minimum atomic E-state index is -0.744. The summed E-state index contributed by atoms with van der Waals surface area (Å²) in [6, 6.07) is 2.40. The van der Waals surface area contributed by atoms with Crippen LogP contribution in [-0.4, -0.2) is 50.6 Å². The molecular formula is C19H39N3Si. The van der Waals surface area contributed by atoms with Crippen molar-refractivity contribution in [3.63, 3.8) is 0 Å². The molecule has 0 aromatic rings. The number of nitriles is 1. The molecule has 0 aliphatic carbocycles. The smallest absolute Gasteiger partial charge is 0.0692 e. The first kappa shape index (κ1) is 20.7. The fourth-order valence-corrected chi connectivity index (χ4v) is 6.14. The van der Waals surface area contributed by atoms with Crippen LogP contribution in [0.1, 0.15) is 65.2 Å². The van der Waals surface area contributed by atoms with E-state index in [-0.39, 0.29) is 5.92 Å². The van der Waals surface area contributed by atoms with E-state index in [0.29, 0.717) is 5.79 Å². The van der Waals surface area contributed by atoms with Crippen molar-refractivity contribution in [2.45, 2.75) is 84.1 Å². The Morgan fingerprint density at radius 1 is 1.00 bits per heavy atom. The quantitative estimate of drug-likeness (QED) is 0.394. The Kier molecular flexibility index (Phi) is 10.8. The van der Waals surface area contributed by atoms with Gasteiger partial charge in [0.1, 0.15) is 0 Å². The fraction of sp³-hybridized carbons (Fsp3) is 0.947. The second kappa shape index (κ2) is 12.1. The lowest BCUT2D eigenvalue weighted by Crippen LogP contribution is -2.48. The van der Waals surface area contributed by atoms with Crippen LogP contribution in [0.25, 0.3) is 0 Å². The molecule has 3 nitrogen and oxygen atoms in total. The van der Waals surface area contributed by atoms with E-state index in [0.717, 1.165) is 6.54 Å². The van der Waals surface area contributed by atoms with Gasteiger partial charge in [-0.1, -0.05) is 65.0 Å². The minimum Gasteiger partial charge on any atom is -0.290 e. The summed E-state index contributed by atoms with van der Waals surface area (Å²) in [5, 5.41) is 9.08. The maximum absolute atomic E-state index is 9.08. The van der Waals surface area contributed by atoms with Gasteiger partial charge in [-0.3, -0.25) is 9.80 Å². The highest BCUT2D eigenvalue weighted by atomic mass is 28.3. The molecule has 1 rings (SSSR count). The Labute approximate surface area is 146 Å². The molecule has 0 aromatic carbocycles. The van der Waals surface area contributed by atoms with Crippen molar-refractivity contribution in [3.05, 3.63) is 0 Å². The number of unbranched alkanes of at least 4 members (excludes halogenated alkanes) is 7. The van der Waals surface area contributed by atoms with Gasteiger partial charge in [-0.25, -0.2) is 0 Å². The summed E-state index contributed by atoms with van der Waals surface area (Å²) in [4.78, 5) is 5.31. The van der Waals surface area contributed by atoms with Crippen LogP contribution in [-0.2, 0) is 0 Å². The van der Waals surface area contributed by atoms with Crippen LogP contribution < -0.4 is 0 Å². The average molecular weight is 338 g/mol. The lowest BCUT2D eigenvalue weighted by atomic mass is 10.1. The van der Waals surface area contributed by atoms with Crippen LogP contribution in [0.2, 0.25) is 13.1 Å². The zero-order valence-electron chi connectivity index (χ0n) is 16.1. The van der Waals surface area contributed by atoms with Crippen LogP contribution in [0, 0.1) is 17.2 Å². The van der Waals surface area contributed by atoms with E-state index >= 15 is 0 Å². The lowest BCUT2D eigenvalue weighted by molar-refractivity contribution is 0.189. The Morgan fingerprint density at radius 3 is 2.13 bits per heavy atom. The Hall–Kier alpha value is -0.373.